The smallest absolute Gasteiger partial charge is 0.310 e. The van der Waals surface area contributed by atoms with Gasteiger partial charge in [-0.25, -0.2) is 0 Å². The summed E-state index contributed by atoms with van der Waals surface area (Å²) in [6.45, 7) is 4.14. The van der Waals surface area contributed by atoms with Crippen LogP contribution in [0.2, 0.25) is 0 Å². The Bertz CT molecular complexity index is 1120. The number of carboxylic acids is 1. The SMILES string of the molecule is CC(C(=O)O)c1ccc(C(O)CCCN2CCC(C(O)(c3ccccc3)c3ccccc3)CC2)c(O)c1. The van der Waals surface area contributed by atoms with Crippen LogP contribution in [-0.4, -0.2) is 50.9 Å². The van der Waals surface area contributed by atoms with Gasteiger partial charge in [0.05, 0.1) is 12.0 Å². The fourth-order valence-corrected chi connectivity index (χ4v) is 5.52. The van der Waals surface area contributed by atoms with Crippen molar-refractivity contribution in [2.24, 2.45) is 5.92 Å². The number of hydrogen-bond acceptors (Lipinski definition) is 5. The van der Waals surface area contributed by atoms with Crippen LogP contribution in [0.1, 0.15) is 66.9 Å². The maximum absolute atomic E-state index is 12.0. The van der Waals surface area contributed by atoms with Gasteiger partial charge in [0, 0.05) is 5.56 Å². The molecule has 1 aliphatic rings. The van der Waals surface area contributed by atoms with Crippen molar-refractivity contribution in [2.45, 2.75) is 50.2 Å². The minimum Gasteiger partial charge on any atom is -0.508 e. The molecule has 2 atom stereocenters. The van der Waals surface area contributed by atoms with Crippen LogP contribution in [0.3, 0.4) is 0 Å². The van der Waals surface area contributed by atoms with E-state index in [2.05, 4.69) is 4.90 Å². The van der Waals surface area contributed by atoms with Crippen molar-refractivity contribution in [1.82, 2.24) is 4.90 Å². The summed E-state index contributed by atoms with van der Waals surface area (Å²) >= 11 is 0. The largest absolute Gasteiger partial charge is 0.508 e. The molecule has 37 heavy (non-hydrogen) atoms. The van der Waals surface area contributed by atoms with E-state index in [1.54, 1.807) is 19.1 Å². The number of rotatable bonds is 10. The quantitative estimate of drug-likeness (QED) is 0.309. The van der Waals surface area contributed by atoms with E-state index in [0.717, 1.165) is 50.0 Å². The average Bonchev–Trinajstić information content (AvgIpc) is 2.93. The number of phenolic OH excluding ortho intramolecular Hbond substituents is 1. The van der Waals surface area contributed by atoms with Gasteiger partial charge in [-0.1, -0.05) is 72.8 Å². The third kappa shape index (κ3) is 6.04. The van der Waals surface area contributed by atoms with Gasteiger partial charge in [-0.3, -0.25) is 4.79 Å². The van der Waals surface area contributed by atoms with Crippen molar-refractivity contribution in [3.8, 4) is 5.75 Å². The van der Waals surface area contributed by atoms with Crippen molar-refractivity contribution in [2.75, 3.05) is 19.6 Å². The normalized spacial score (nSPS) is 16.8. The Kier molecular flexibility index (Phi) is 8.64. The lowest BCUT2D eigenvalue weighted by Crippen LogP contribution is -2.44. The topological polar surface area (TPSA) is 101 Å². The molecular weight excluding hydrogens is 466 g/mol. The zero-order valence-electron chi connectivity index (χ0n) is 21.3. The number of aliphatic hydroxyl groups is 2. The zero-order chi connectivity index (χ0) is 26.4. The van der Waals surface area contributed by atoms with E-state index in [1.165, 1.54) is 6.07 Å². The van der Waals surface area contributed by atoms with Crippen LogP contribution in [0.25, 0.3) is 0 Å². The van der Waals surface area contributed by atoms with E-state index in [0.29, 0.717) is 17.5 Å². The number of piperidine rings is 1. The van der Waals surface area contributed by atoms with E-state index in [-0.39, 0.29) is 11.7 Å². The van der Waals surface area contributed by atoms with Gasteiger partial charge in [0.2, 0.25) is 0 Å². The second-order valence-electron chi connectivity index (χ2n) is 10.2. The number of aliphatic carboxylic acids is 1. The molecule has 0 amide bonds. The highest BCUT2D eigenvalue weighted by Crippen LogP contribution is 2.42. The Labute approximate surface area is 218 Å². The van der Waals surface area contributed by atoms with Gasteiger partial charge in [-0.15, -0.1) is 0 Å². The zero-order valence-corrected chi connectivity index (χ0v) is 21.3. The lowest BCUT2D eigenvalue weighted by Gasteiger charge is -2.42. The summed E-state index contributed by atoms with van der Waals surface area (Å²) in [6, 6.07) is 24.6. The molecular formula is C31H37NO5. The predicted molar refractivity (Wildman–Crippen MR) is 143 cm³/mol. The Morgan fingerprint density at radius 2 is 1.54 bits per heavy atom. The number of benzene rings is 3. The molecule has 0 bridgehead atoms. The average molecular weight is 504 g/mol. The van der Waals surface area contributed by atoms with Crippen LogP contribution >= 0.6 is 0 Å². The number of aromatic hydroxyl groups is 1. The molecule has 3 aromatic rings. The van der Waals surface area contributed by atoms with Crippen molar-refractivity contribution in [3.05, 3.63) is 101 Å². The molecule has 3 aromatic carbocycles. The minimum atomic E-state index is -1.04. The second kappa shape index (κ2) is 11.9. The Morgan fingerprint density at radius 3 is 2.05 bits per heavy atom. The summed E-state index contributed by atoms with van der Waals surface area (Å²) in [7, 11) is 0. The molecule has 0 spiro atoms. The Hall–Kier alpha value is -3.19. The molecule has 0 aromatic heterocycles. The van der Waals surface area contributed by atoms with Crippen LogP contribution in [-0.2, 0) is 10.4 Å². The first-order valence-electron chi connectivity index (χ1n) is 13.1. The Balaban J connectivity index is 1.33. The molecule has 0 radical (unpaired) electrons. The maximum Gasteiger partial charge on any atom is 0.310 e. The highest BCUT2D eigenvalue weighted by atomic mass is 16.4. The van der Waals surface area contributed by atoms with Crippen LogP contribution in [0.15, 0.2) is 78.9 Å². The second-order valence-corrected chi connectivity index (χ2v) is 10.2. The molecule has 4 N–H and O–H groups in total. The third-order valence-electron chi connectivity index (χ3n) is 7.84. The first kappa shape index (κ1) is 26.9. The van der Waals surface area contributed by atoms with Gasteiger partial charge >= 0.3 is 5.97 Å². The van der Waals surface area contributed by atoms with Crippen molar-refractivity contribution < 1.29 is 25.2 Å². The first-order valence-corrected chi connectivity index (χ1v) is 13.1. The van der Waals surface area contributed by atoms with E-state index in [1.807, 2.05) is 60.7 Å². The first-order chi connectivity index (χ1) is 17.8. The summed E-state index contributed by atoms with van der Waals surface area (Å²) < 4.78 is 0. The molecule has 4 rings (SSSR count). The predicted octanol–water partition coefficient (Wildman–Crippen LogP) is 5.04. The highest BCUT2D eigenvalue weighted by Gasteiger charge is 2.41. The molecule has 1 aliphatic heterocycles. The molecule has 0 saturated carbocycles. The standard InChI is InChI=1S/C31H37NO5/c1-22(30(35)36)23-14-15-27(29(34)21-23)28(33)13-8-18-32-19-16-26(17-20-32)31(37,24-9-4-2-5-10-24)25-11-6-3-7-12-25/h2-7,9-12,14-15,21-22,26,28,33-34,37H,8,13,16-20H2,1H3,(H,35,36). The van der Waals surface area contributed by atoms with Crippen molar-refractivity contribution in [3.63, 3.8) is 0 Å². The summed E-state index contributed by atoms with van der Waals surface area (Å²) in [4.78, 5) is 13.6. The minimum absolute atomic E-state index is 0.0694. The van der Waals surface area contributed by atoms with Gasteiger partial charge in [0.1, 0.15) is 11.4 Å². The lowest BCUT2D eigenvalue weighted by atomic mass is 9.72. The summed E-state index contributed by atoms with van der Waals surface area (Å²) in [5.74, 6) is -1.65. The molecule has 1 fully saturated rings. The number of carbonyl (C=O) groups is 1. The molecule has 6 nitrogen and oxygen atoms in total. The fraction of sp³-hybridized carbons (Fsp3) is 0.387. The van der Waals surface area contributed by atoms with Crippen LogP contribution < -0.4 is 0 Å². The molecule has 0 aliphatic carbocycles. The maximum atomic E-state index is 12.0. The van der Waals surface area contributed by atoms with Gasteiger partial charge < -0.3 is 25.3 Å². The summed E-state index contributed by atoms with van der Waals surface area (Å²) in [5, 5.41) is 42.2. The van der Waals surface area contributed by atoms with E-state index in [4.69, 9.17) is 0 Å². The number of phenols is 1. The Morgan fingerprint density at radius 1 is 0.973 bits per heavy atom. The van der Waals surface area contributed by atoms with E-state index >= 15 is 0 Å². The van der Waals surface area contributed by atoms with Gasteiger partial charge in [-0.2, -0.15) is 0 Å². The summed E-state index contributed by atoms with van der Waals surface area (Å²) in [5.41, 5.74) is 1.75. The number of likely N-dealkylation sites (tertiary alicyclic amines) is 1. The number of aliphatic hydroxyl groups excluding tert-OH is 1. The molecule has 6 heteroatoms. The number of carboxylic acid groups (broad SMARTS) is 1. The third-order valence-corrected chi connectivity index (χ3v) is 7.84. The van der Waals surface area contributed by atoms with Gasteiger partial charge in [0.25, 0.3) is 0 Å². The highest BCUT2D eigenvalue weighted by molar-refractivity contribution is 5.75. The molecule has 1 heterocycles. The fourth-order valence-electron chi connectivity index (χ4n) is 5.52. The van der Waals surface area contributed by atoms with E-state index in [9.17, 15) is 25.2 Å². The summed E-state index contributed by atoms with van der Waals surface area (Å²) in [6.07, 6.45) is 2.19. The van der Waals surface area contributed by atoms with Crippen molar-refractivity contribution in [1.29, 1.82) is 0 Å². The van der Waals surface area contributed by atoms with Gasteiger partial charge in [-0.05, 0) is 80.9 Å². The lowest BCUT2D eigenvalue weighted by molar-refractivity contribution is -0.138. The van der Waals surface area contributed by atoms with E-state index < -0.39 is 23.6 Å². The number of hydrogen-bond donors (Lipinski definition) is 4. The molecule has 196 valence electrons. The number of nitrogens with zero attached hydrogens (tertiary/aromatic N) is 1. The van der Waals surface area contributed by atoms with Crippen LogP contribution in [0.4, 0.5) is 0 Å². The van der Waals surface area contributed by atoms with Gasteiger partial charge in [0.15, 0.2) is 0 Å². The van der Waals surface area contributed by atoms with Crippen LogP contribution in [0, 0.1) is 5.92 Å². The molecule has 1 saturated heterocycles. The van der Waals surface area contributed by atoms with Crippen molar-refractivity contribution >= 4 is 5.97 Å². The molecule has 2 unspecified atom stereocenters. The monoisotopic (exact) mass is 503 g/mol. The van der Waals surface area contributed by atoms with Crippen LogP contribution in [0.5, 0.6) is 5.75 Å².